The third kappa shape index (κ3) is 5.75. The second-order valence-corrected chi connectivity index (χ2v) is 7.16. The first-order valence-electron chi connectivity index (χ1n) is 9.93. The number of para-hydroxylation sites is 1. The van der Waals surface area contributed by atoms with Crippen molar-refractivity contribution in [2.45, 2.75) is 0 Å². The average molecular weight is 473 g/mol. The first kappa shape index (κ1) is 22.5. The Morgan fingerprint density at radius 1 is 0.882 bits per heavy atom. The third-order valence-corrected chi connectivity index (χ3v) is 4.63. The van der Waals surface area contributed by atoms with Gasteiger partial charge in [-0.05, 0) is 59.6 Å². The van der Waals surface area contributed by atoms with Crippen LogP contribution in [0.15, 0.2) is 89.6 Å². The third-order valence-electron chi connectivity index (χ3n) is 4.46. The molecule has 0 saturated carbocycles. The minimum Gasteiger partial charge on any atom is -0.324 e. The van der Waals surface area contributed by atoms with Gasteiger partial charge in [0.25, 0.3) is 5.69 Å². The minimum absolute atomic E-state index is 0.0229. The van der Waals surface area contributed by atoms with Crippen LogP contribution in [0.1, 0.15) is 5.56 Å². The normalized spacial score (nSPS) is 10.7. The van der Waals surface area contributed by atoms with Crippen molar-refractivity contribution in [2.75, 3.05) is 10.6 Å². The van der Waals surface area contributed by atoms with Gasteiger partial charge in [0.05, 0.1) is 10.6 Å². The molecule has 3 aromatic carbocycles. The van der Waals surface area contributed by atoms with Gasteiger partial charge in [-0.3, -0.25) is 10.1 Å². The summed E-state index contributed by atoms with van der Waals surface area (Å²) in [7, 11) is 0. The zero-order valence-corrected chi connectivity index (χ0v) is 18.3. The number of anilines is 4. The minimum atomic E-state index is -0.500. The molecule has 0 amide bonds. The lowest BCUT2D eigenvalue weighted by Crippen LogP contribution is -2.04. The number of nitro groups is 1. The summed E-state index contributed by atoms with van der Waals surface area (Å²) in [4.78, 5) is 23.1. The first-order chi connectivity index (χ1) is 16.5. The molecule has 168 valence electrons. The highest BCUT2D eigenvalue weighted by molar-refractivity contribution is 6.28. The van der Waals surface area contributed by atoms with Crippen LogP contribution < -0.4 is 10.6 Å². The molecule has 11 heteroatoms. The molecule has 0 unspecified atom stereocenters. The van der Waals surface area contributed by atoms with Gasteiger partial charge in [0, 0.05) is 17.4 Å². The van der Waals surface area contributed by atoms with Crippen LogP contribution in [0.25, 0.3) is 6.08 Å². The highest BCUT2D eigenvalue weighted by Crippen LogP contribution is 2.29. The monoisotopic (exact) mass is 472 g/mol. The standard InChI is InChI=1S/C23H17ClN8O2/c1-2-15-6-5-7-18(14-15)26-23-28-21(24)27-22(29-23)25-16-10-12-17(13-11-16)30-31-19-8-3-4-9-20(19)32(33)34/h2-14H,1H2,(H2,25,26,27,28,29). The Kier molecular flexibility index (Phi) is 6.80. The van der Waals surface area contributed by atoms with E-state index in [2.05, 4.69) is 42.4 Å². The molecule has 1 heterocycles. The van der Waals surface area contributed by atoms with E-state index in [-0.39, 0.29) is 28.6 Å². The smallest absolute Gasteiger partial charge is 0.296 e. The lowest BCUT2D eigenvalue weighted by Gasteiger charge is -2.09. The van der Waals surface area contributed by atoms with Gasteiger partial charge in [0.2, 0.25) is 17.2 Å². The summed E-state index contributed by atoms with van der Waals surface area (Å²) in [5, 5.41) is 25.3. The highest BCUT2D eigenvalue weighted by atomic mass is 35.5. The summed E-state index contributed by atoms with van der Waals surface area (Å²) in [6.45, 7) is 3.76. The number of benzene rings is 3. The van der Waals surface area contributed by atoms with Gasteiger partial charge in [-0.2, -0.15) is 20.1 Å². The largest absolute Gasteiger partial charge is 0.324 e. The number of aromatic nitrogens is 3. The summed E-state index contributed by atoms with van der Waals surface area (Å²) < 4.78 is 0. The van der Waals surface area contributed by atoms with Crippen molar-refractivity contribution >= 4 is 58.0 Å². The Labute approximate surface area is 199 Å². The van der Waals surface area contributed by atoms with Crippen LogP contribution in [0.3, 0.4) is 0 Å². The molecule has 0 fully saturated rings. The molecule has 0 aliphatic carbocycles. The second kappa shape index (κ2) is 10.3. The van der Waals surface area contributed by atoms with Crippen molar-refractivity contribution in [1.29, 1.82) is 0 Å². The predicted octanol–water partition coefficient (Wildman–Crippen LogP) is 6.98. The van der Waals surface area contributed by atoms with E-state index < -0.39 is 4.92 Å². The average Bonchev–Trinajstić information content (AvgIpc) is 2.83. The number of rotatable bonds is 8. The van der Waals surface area contributed by atoms with Crippen LogP contribution in [0.5, 0.6) is 0 Å². The summed E-state index contributed by atoms with van der Waals surface area (Å²) >= 11 is 6.07. The van der Waals surface area contributed by atoms with E-state index in [0.29, 0.717) is 11.4 Å². The molecule has 4 rings (SSSR count). The number of azo groups is 1. The lowest BCUT2D eigenvalue weighted by atomic mass is 10.2. The summed E-state index contributed by atoms with van der Waals surface area (Å²) in [5.41, 5.74) is 2.97. The van der Waals surface area contributed by atoms with Crippen molar-refractivity contribution in [3.8, 4) is 0 Å². The lowest BCUT2D eigenvalue weighted by molar-refractivity contribution is -0.384. The number of nitrogens with one attached hydrogen (secondary N) is 2. The van der Waals surface area contributed by atoms with Gasteiger partial charge in [-0.1, -0.05) is 36.9 Å². The fourth-order valence-corrected chi connectivity index (χ4v) is 3.05. The van der Waals surface area contributed by atoms with Crippen LogP contribution in [0.2, 0.25) is 5.28 Å². The van der Waals surface area contributed by atoms with E-state index in [1.807, 2.05) is 24.3 Å². The fraction of sp³-hybridized carbons (Fsp3) is 0. The van der Waals surface area contributed by atoms with E-state index in [0.717, 1.165) is 11.3 Å². The van der Waals surface area contributed by atoms with E-state index in [1.54, 1.807) is 42.5 Å². The molecule has 34 heavy (non-hydrogen) atoms. The molecule has 0 saturated heterocycles. The zero-order chi connectivity index (χ0) is 23.9. The van der Waals surface area contributed by atoms with E-state index in [9.17, 15) is 10.1 Å². The molecule has 2 N–H and O–H groups in total. The molecular formula is C23H17ClN8O2. The van der Waals surface area contributed by atoms with Crippen LogP contribution in [-0.2, 0) is 0 Å². The van der Waals surface area contributed by atoms with Crippen molar-refractivity contribution < 1.29 is 4.92 Å². The molecule has 0 atom stereocenters. The van der Waals surface area contributed by atoms with Gasteiger partial charge in [-0.15, -0.1) is 5.11 Å². The molecular weight excluding hydrogens is 456 g/mol. The summed E-state index contributed by atoms with van der Waals surface area (Å²) in [6, 6.07) is 20.6. The second-order valence-electron chi connectivity index (χ2n) is 6.82. The molecule has 0 bridgehead atoms. The van der Waals surface area contributed by atoms with Crippen LogP contribution in [0.4, 0.5) is 40.3 Å². The molecule has 0 aliphatic rings. The van der Waals surface area contributed by atoms with Crippen LogP contribution in [-0.4, -0.2) is 19.9 Å². The van der Waals surface area contributed by atoms with Gasteiger partial charge in [0.1, 0.15) is 0 Å². The molecule has 0 spiro atoms. The molecule has 0 aliphatic heterocycles. The Morgan fingerprint density at radius 3 is 2.29 bits per heavy atom. The maximum atomic E-state index is 11.1. The first-order valence-corrected chi connectivity index (χ1v) is 10.3. The molecule has 10 nitrogen and oxygen atoms in total. The summed E-state index contributed by atoms with van der Waals surface area (Å²) in [5.74, 6) is 0.523. The van der Waals surface area contributed by atoms with Crippen molar-refractivity contribution in [3.05, 3.63) is 100 Å². The maximum absolute atomic E-state index is 11.1. The molecule has 0 radical (unpaired) electrons. The number of nitro benzene ring substituents is 1. The van der Waals surface area contributed by atoms with E-state index in [1.165, 1.54) is 12.1 Å². The molecule has 1 aromatic heterocycles. The quantitative estimate of drug-likeness (QED) is 0.160. The number of hydrogen-bond acceptors (Lipinski definition) is 9. The maximum Gasteiger partial charge on any atom is 0.296 e. The number of nitrogens with zero attached hydrogens (tertiary/aromatic N) is 6. The van der Waals surface area contributed by atoms with Crippen LogP contribution in [0, 0.1) is 10.1 Å². The number of hydrogen-bond donors (Lipinski definition) is 2. The van der Waals surface area contributed by atoms with Gasteiger partial charge in [-0.25, -0.2) is 0 Å². The predicted molar refractivity (Wildman–Crippen MR) is 132 cm³/mol. The van der Waals surface area contributed by atoms with Crippen molar-refractivity contribution in [3.63, 3.8) is 0 Å². The Bertz CT molecular complexity index is 1380. The Balaban J connectivity index is 1.47. The number of halogens is 1. The highest BCUT2D eigenvalue weighted by Gasteiger charge is 2.11. The molecule has 4 aromatic rings. The van der Waals surface area contributed by atoms with E-state index >= 15 is 0 Å². The van der Waals surface area contributed by atoms with Crippen molar-refractivity contribution in [1.82, 2.24) is 15.0 Å². The van der Waals surface area contributed by atoms with Crippen LogP contribution >= 0.6 is 11.6 Å². The van der Waals surface area contributed by atoms with Gasteiger partial charge < -0.3 is 10.6 Å². The summed E-state index contributed by atoms with van der Waals surface area (Å²) in [6.07, 6.45) is 1.74. The SMILES string of the molecule is C=Cc1cccc(Nc2nc(Cl)nc(Nc3ccc(N=Nc4ccccc4[N+](=O)[O-])cc3)n2)c1. The van der Waals surface area contributed by atoms with Crippen molar-refractivity contribution in [2.24, 2.45) is 10.2 Å². The van der Waals surface area contributed by atoms with E-state index in [4.69, 9.17) is 11.6 Å². The Hall–Kier alpha value is -4.70. The zero-order valence-electron chi connectivity index (χ0n) is 17.6. The topological polar surface area (TPSA) is 131 Å². The van der Waals surface area contributed by atoms with Gasteiger partial charge >= 0.3 is 0 Å². The van der Waals surface area contributed by atoms with Gasteiger partial charge in [0.15, 0.2) is 5.69 Å². The fourth-order valence-electron chi connectivity index (χ4n) is 2.89. The Morgan fingerprint density at radius 2 is 1.59 bits per heavy atom.